The standard InChI is InChI=1S/C13H16N2O6/c1-3-8(13(17)18)7-14-12(16)9-4-5-11(21-2)10(6-9)15(19)20/h4-6,8H,3,7H2,1-2H3,(H,14,16)(H,17,18). The first-order valence-electron chi connectivity index (χ1n) is 6.24. The highest BCUT2D eigenvalue weighted by Gasteiger charge is 2.20. The van der Waals surface area contributed by atoms with Crippen LogP contribution in [0.5, 0.6) is 5.75 Å². The smallest absolute Gasteiger partial charge is 0.311 e. The first kappa shape index (κ1) is 16.4. The molecular weight excluding hydrogens is 280 g/mol. The third kappa shape index (κ3) is 4.16. The lowest BCUT2D eigenvalue weighted by atomic mass is 10.1. The molecule has 0 bridgehead atoms. The molecule has 8 heteroatoms. The van der Waals surface area contributed by atoms with E-state index in [1.807, 2.05) is 0 Å². The van der Waals surface area contributed by atoms with Crippen molar-refractivity contribution in [3.63, 3.8) is 0 Å². The van der Waals surface area contributed by atoms with Crippen molar-refractivity contribution in [1.29, 1.82) is 0 Å². The molecule has 1 atom stereocenters. The van der Waals surface area contributed by atoms with Crippen molar-refractivity contribution in [2.75, 3.05) is 13.7 Å². The highest BCUT2D eigenvalue weighted by Crippen LogP contribution is 2.27. The molecular formula is C13H16N2O6. The molecule has 0 radical (unpaired) electrons. The number of rotatable bonds is 7. The lowest BCUT2D eigenvalue weighted by molar-refractivity contribution is -0.385. The van der Waals surface area contributed by atoms with Gasteiger partial charge in [-0.2, -0.15) is 0 Å². The van der Waals surface area contributed by atoms with Crippen LogP contribution in [0.2, 0.25) is 0 Å². The molecule has 0 aromatic heterocycles. The van der Waals surface area contributed by atoms with Crippen molar-refractivity contribution >= 4 is 17.6 Å². The van der Waals surface area contributed by atoms with Crippen LogP contribution < -0.4 is 10.1 Å². The highest BCUT2D eigenvalue weighted by atomic mass is 16.6. The summed E-state index contributed by atoms with van der Waals surface area (Å²) in [5, 5.41) is 22.2. The molecule has 114 valence electrons. The van der Waals surface area contributed by atoms with E-state index in [0.29, 0.717) is 6.42 Å². The monoisotopic (exact) mass is 296 g/mol. The number of nitro benzene ring substituents is 1. The Morgan fingerprint density at radius 2 is 2.14 bits per heavy atom. The number of hydrogen-bond donors (Lipinski definition) is 2. The number of methoxy groups -OCH3 is 1. The number of carbonyl (C=O) groups excluding carboxylic acids is 1. The third-order valence-electron chi connectivity index (χ3n) is 2.99. The fourth-order valence-electron chi connectivity index (χ4n) is 1.70. The molecule has 0 saturated carbocycles. The molecule has 0 fully saturated rings. The molecule has 0 aliphatic rings. The van der Waals surface area contributed by atoms with E-state index in [-0.39, 0.29) is 23.5 Å². The number of carboxylic acid groups (broad SMARTS) is 1. The molecule has 8 nitrogen and oxygen atoms in total. The van der Waals surface area contributed by atoms with Gasteiger partial charge in [0.25, 0.3) is 5.91 Å². The van der Waals surface area contributed by atoms with Crippen LogP contribution in [0.3, 0.4) is 0 Å². The van der Waals surface area contributed by atoms with Gasteiger partial charge in [0, 0.05) is 18.2 Å². The van der Waals surface area contributed by atoms with E-state index in [4.69, 9.17) is 9.84 Å². The number of amides is 1. The van der Waals surface area contributed by atoms with Crippen LogP contribution in [0.25, 0.3) is 0 Å². The zero-order valence-electron chi connectivity index (χ0n) is 11.7. The normalized spacial score (nSPS) is 11.5. The van der Waals surface area contributed by atoms with Crippen molar-refractivity contribution in [3.8, 4) is 5.75 Å². The Labute approximate surface area is 120 Å². The molecule has 0 saturated heterocycles. The summed E-state index contributed by atoms with van der Waals surface area (Å²) < 4.78 is 4.84. The van der Waals surface area contributed by atoms with Gasteiger partial charge in [-0.1, -0.05) is 6.92 Å². The van der Waals surface area contributed by atoms with Crippen molar-refractivity contribution < 1.29 is 24.4 Å². The minimum Gasteiger partial charge on any atom is -0.490 e. The number of carbonyl (C=O) groups is 2. The molecule has 1 unspecified atom stereocenters. The SMILES string of the molecule is CCC(CNC(=O)c1ccc(OC)c([N+](=O)[O-])c1)C(=O)O. The largest absolute Gasteiger partial charge is 0.490 e. The second-order valence-corrected chi connectivity index (χ2v) is 4.30. The average Bonchev–Trinajstić information content (AvgIpc) is 2.46. The summed E-state index contributed by atoms with van der Waals surface area (Å²) in [7, 11) is 1.29. The zero-order chi connectivity index (χ0) is 16.0. The van der Waals surface area contributed by atoms with Crippen molar-refractivity contribution in [2.45, 2.75) is 13.3 Å². The summed E-state index contributed by atoms with van der Waals surface area (Å²) in [4.78, 5) is 33.0. The van der Waals surface area contributed by atoms with Crippen molar-refractivity contribution in [1.82, 2.24) is 5.32 Å². The van der Waals surface area contributed by atoms with Crippen LogP contribution in [0.1, 0.15) is 23.7 Å². The van der Waals surface area contributed by atoms with Crippen molar-refractivity contribution in [2.24, 2.45) is 5.92 Å². The number of nitrogens with one attached hydrogen (secondary N) is 1. The third-order valence-corrected chi connectivity index (χ3v) is 2.99. The molecule has 0 aliphatic carbocycles. The molecule has 1 amide bonds. The van der Waals surface area contributed by atoms with E-state index in [1.165, 1.54) is 19.2 Å². The van der Waals surface area contributed by atoms with Gasteiger partial charge in [-0.15, -0.1) is 0 Å². The minimum atomic E-state index is -1.00. The fraction of sp³-hybridized carbons (Fsp3) is 0.385. The lowest BCUT2D eigenvalue weighted by Gasteiger charge is -2.11. The molecule has 1 aromatic rings. The molecule has 0 heterocycles. The van der Waals surface area contributed by atoms with Gasteiger partial charge < -0.3 is 15.2 Å². The maximum absolute atomic E-state index is 11.9. The second-order valence-electron chi connectivity index (χ2n) is 4.30. The predicted molar refractivity (Wildman–Crippen MR) is 73.4 cm³/mol. The number of carboxylic acids is 1. The quantitative estimate of drug-likeness (QED) is 0.580. The Kier molecular flexibility index (Phi) is 5.65. The Morgan fingerprint density at radius 1 is 1.48 bits per heavy atom. The summed E-state index contributed by atoms with van der Waals surface area (Å²) >= 11 is 0. The van der Waals surface area contributed by atoms with Gasteiger partial charge >= 0.3 is 11.7 Å². The van der Waals surface area contributed by atoms with Gasteiger partial charge in [-0.3, -0.25) is 19.7 Å². The highest BCUT2D eigenvalue weighted by molar-refractivity contribution is 5.95. The van der Waals surface area contributed by atoms with Gasteiger partial charge in [0.05, 0.1) is 18.0 Å². The number of ether oxygens (including phenoxy) is 1. The summed E-state index contributed by atoms with van der Waals surface area (Å²) in [6, 6.07) is 3.79. The number of aliphatic carboxylic acids is 1. The van der Waals surface area contributed by atoms with Crippen LogP contribution in [-0.2, 0) is 4.79 Å². The second kappa shape index (κ2) is 7.22. The Balaban J connectivity index is 2.86. The summed E-state index contributed by atoms with van der Waals surface area (Å²) in [5.41, 5.74) is -0.252. The lowest BCUT2D eigenvalue weighted by Crippen LogP contribution is -2.32. The van der Waals surface area contributed by atoms with Gasteiger partial charge in [0.15, 0.2) is 5.75 Å². The number of nitro groups is 1. The number of benzene rings is 1. The van der Waals surface area contributed by atoms with E-state index in [0.717, 1.165) is 6.07 Å². The Bertz CT molecular complexity index is 558. The minimum absolute atomic E-state index is 0.0372. The van der Waals surface area contributed by atoms with Gasteiger partial charge in [0.2, 0.25) is 0 Å². The van der Waals surface area contributed by atoms with E-state index >= 15 is 0 Å². The average molecular weight is 296 g/mol. The van der Waals surface area contributed by atoms with Gasteiger partial charge in [-0.05, 0) is 18.6 Å². The Hall–Kier alpha value is -2.64. The van der Waals surface area contributed by atoms with Crippen LogP contribution >= 0.6 is 0 Å². The molecule has 21 heavy (non-hydrogen) atoms. The zero-order valence-corrected chi connectivity index (χ0v) is 11.7. The van der Waals surface area contributed by atoms with Gasteiger partial charge in [0.1, 0.15) is 0 Å². The van der Waals surface area contributed by atoms with Gasteiger partial charge in [-0.25, -0.2) is 0 Å². The summed E-state index contributed by atoms with van der Waals surface area (Å²) in [6.45, 7) is 1.66. The van der Waals surface area contributed by atoms with Crippen molar-refractivity contribution in [3.05, 3.63) is 33.9 Å². The number of hydrogen-bond acceptors (Lipinski definition) is 5. The number of nitrogens with zero attached hydrogens (tertiary/aromatic N) is 1. The first-order chi connectivity index (χ1) is 9.90. The molecule has 1 aromatic carbocycles. The molecule has 0 aliphatic heterocycles. The maximum atomic E-state index is 11.9. The van der Waals surface area contributed by atoms with Crippen LogP contribution in [-0.4, -0.2) is 35.6 Å². The fourth-order valence-corrected chi connectivity index (χ4v) is 1.70. The first-order valence-corrected chi connectivity index (χ1v) is 6.24. The Morgan fingerprint density at radius 3 is 2.62 bits per heavy atom. The van der Waals surface area contributed by atoms with Crippen LogP contribution in [0, 0.1) is 16.0 Å². The molecule has 2 N–H and O–H groups in total. The van der Waals surface area contributed by atoms with E-state index < -0.39 is 22.7 Å². The predicted octanol–water partition coefficient (Wildman–Crippen LogP) is 1.44. The van der Waals surface area contributed by atoms with Crippen LogP contribution in [0.4, 0.5) is 5.69 Å². The maximum Gasteiger partial charge on any atom is 0.311 e. The van der Waals surface area contributed by atoms with E-state index in [1.54, 1.807) is 6.92 Å². The summed E-state index contributed by atoms with van der Waals surface area (Å²) in [5.74, 6) is -2.21. The van der Waals surface area contributed by atoms with E-state index in [2.05, 4.69) is 5.32 Å². The topological polar surface area (TPSA) is 119 Å². The molecule has 0 spiro atoms. The summed E-state index contributed by atoms with van der Waals surface area (Å²) in [6.07, 6.45) is 0.373. The molecule has 1 rings (SSSR count). The van der Waals surface area contributed by atoms with Crippen LogP contribution in [0.15, 0.2) is 18.2 Å². The van der Waals surface area contributed by atoms with E-state index in [9.17, 15) is 19.7 Å².